The molecular formula is C29H25BrN4O3. The summed E-state index contributed by atoms with van der Waals surface area (Å²) >= 11 is 3.45. The number of carboxylic acids is 1. The molecule has 0 saturated heterocycles. The van der Waals surface area contributed by atoms with Gasteiger partial charge in [-0.25, -0.2) is 9.78 Å². The van der Waals surface area contributed by atoms with Crippen LogP contribution in [0.15, 0.2) is 87.3 Å². The molecule has 186 valence electrons. The van der Waals surface area contributed by atoms with E-state index in [4.69, 9.17) is 4.98 Å². The van der Waals surface area contributed by atoms with E-state index in [0.29, 0.717) is 29.7 Å². The number of aromatic carboxylic acids is 1. The minimum Gasteiger partial charge on any atom is -0.478 e. The Morgan fingerprint density at radius 1 is 1.08 bits per heavy atom. The second-order valence-corrected chi connectivity index (χ2v) is 9.81. The van der Waals surface area contributed by atoms with Crippen molar-refractivity contribution in [2.75, 3.05) is 0 Å². The summed E-state index contributed by atoms with van der Waals surface area (Å²) in [5.41, 5.74) is 3.43. The van der Waals surface area contributed by atoms with Gasteiger partial charge in [0, 0.05) is 40.1 Å². The van der Waals surface area contributed by atoms with Crippen LogP contribution in [-0.2, 0) is 13.0 Å². The number of nitrogens with zero attached hydrogens (tertiary/aromatic N) is 4. The molecule has 0 amide bonds. The molecule has 0 atom stereocenters. The number of halogens is 1. The molecule has 37 heavy (non-hydrogen) atoms. The second kappa shape index (κ2) is 10.5. The number of carboxylic acid groups (broad SMARTS) is 1. The van der Waals surface area contributed by atoms with Gasteiger partial charge < -0.3 is 9.67 Å². The summed E-state index contributed by atoms with van der Waals surface area (Å²) in [4.78, 5) is 29.6. The predicted octanol–water partition coefficient (Wildman–Crippen LogP) is 6.09. The van der Waals surface area contributed by atoms with Crippen molar-refractivity contribution >= 4 is 49.9 Å². The van der Waals surface area contributed by atoms with Crippen molar-refractivity contribution in [2.45, 2.75) is 32.7 Å². The molecule has 0 saturated carbocycles. The molecule has 2 aromatic heterocycles. The highest BCUT2D eigenvalue weighted by Gasteiger charge is 2.13. The van der Waals surface area contributed by atoms with Crippen molar-refractivity contribution in [3.63, 3.8) is 0 Å². The standard InChI is InChI=1S/C29H25BrN4O3/c1-2-3-11-27-32-25-13-12-22(30)15-24(25)28(35)34(27)31-16-21-18-33(26-10-5-4-9-23(21)26)17-19-7-6-8-20(14-19)29(36)37/h4-10,12-16,18H,2-3,11,17H2,1H3,(H,36,37). The van der Waals surface area contributed by atoms with Crippen LogP contribution in [0.5, 0.6) is 0 Å². The summed E-state index contributed by atoms with van der Waals surface area (Å²) in [7, 11) is 0. The second-order valence-electron chi connectivity index (χ2n) is 8.89. The molecule has 0 radical (unpaired) electrons. The first-order valence-corrected chi connectivity index (χ1v) is 12.9. The summed E-state index contributed by atoms with van der Waals surface area (Å²) < 4.78 is 4.28. The monoisotopic (exact) mass is 556 g/mol. The molecule has 3 aromatic carbocycles. The first-order chi connectivity index (χ1) is 17.9. The van der Waals surface area contributed by atoms with Gasteiger partial charge in [-0.3, -0.25) is 4.79 Å². The molecule has 0 bridgehead atoms. The minimum absolute atomic E-state index is 0.206. The Labute approximate surface area is 221 Å². The van der Waals surface area contributed by atoms with E-state index in [1.165, 1.54) is 4.68 Å². The molecule has 0 fully saturated rings. The van der Waals surface area contributed by atoms with Crippen LogP contribution >= 0.6 is 15.9 Å². The van der Waals surface area contributed by atoms with Crippen molar-refractivity contribution in [1.82, 2.24) is 14.2 Å². The number of aryl methyl sites for hydroxylation is 1. The first-order valence-electron chi connectivity index (χ1n) is 12.1. The molecule has 0 aliphatic carbocycles. The van der Waals surface area contributed by atoms with Gasteiger partial charge in [0.05, 0.1) is 22.7 Å². The SMILES string of the molecule is CCCCc1nc2ccc(Br)cc2c(=O)n1N=Cc1cn(Cc2cccc(C(=O)O)c2)c2ccccc12. The molecular weight excluding hydrogens is 532 g/mol. The fourth-order valence-corrected chi connectivity index (χ4v) is 4.80. The highest BCUT2D eigenvalue weighted by atomic mass is 79.9. The van der Waals surface area contributed by atoms with Crippen LogP contribution in [0.2, 0.25) is 0 Å². The maximum absolute atomic E-state index is 13.4. The maximum atomic E-state index is 13.4. The fourth-order valence-electron chi connectivity index (χ4n) is 4.44. The molecule has 8 heteroatoms. The van der Waals surface area contributed by atoms with Crippen LogP contribution in [-0.4, -0.2) is 31.5 Å². The van der Waals surface area contributed by atoms with E-state index in [9.17, 15) is 14.7 Å². The minimum atomic E-state index is -0.952. The summed E-state index contributed by atoms with van der Waals surface area (Å²) in [6.07, 6.45) is 6.21. The molecule has 5 rings (SSSR count). The molecule has 1 N–H and O–H groups in total. The molecule has 0 aliphatic heterocycles. The van der Waals surface area contributed by atoms with Crippen LogP contribution in [0.3, 0.4) is 0 Å². The average molecular weight is 557 g/mol. The topological polar surface area (TPSA) is 89.5 Å². The quantitative estimate of drug-likeness (QED) is 0.234. The van der Waals surface area contributed by atoms with Gasteiger partial charge in [-0.1, -0.05) is 59.6 Å². The molecule has 0 spiro atoms. The molecule has 0 unspecified atom stereocenters. The van der Waals surface area contributed by atoms with Crippen molar-refractivity contribution in [2.24, 2.45) is 5.10 Å². The normalized spacial score (nSPS) is 11.6. The Morgan fingerprint density at radius 3 is 2.73 bits per heavy atom. The van der Waals surface area contributed by atoms with Crippen LogP contribution in [0.1, 0.15) is 47.1 Å². The number of para-hydroxylation sites is 1. The van der Waals surface area contributed by atoms with E-state index in [1.54, 1.807) is 30.5 Å². The van der Waals surface area contributed by atoms with Crippen LogP contribution < -0.4 is 5.56 Å². The zero-order chi connectivity index (χ0) is 25.9. The van der Waals surface area contributed by atoms with E-state index < -0.39 is 5.97 Å². The predicted molar refractivity (Wildman–Crippen MR) is 150 cm³/mol. The van der Waals surface area contributed by atoms with Gasteiger partial charge in [-0.2, -0.15) is 9.78 Å². The summed E-state index contributed by atoms with van der Waals surface area (Å²) in [6, 6.07) is 20.4. The summed E-state index contributed by atoms with van der Waals surface area (Å²) in [6.45, 7) is 2.60. The number of benzene rings is 3. The van der Waals surface area contributed by atoms with Gasteiger partial charge >= 0.3 is 5.97 Å². The molecule has 2 heterocycles. The lowest BCUT2D eigenvalue weighted by Crippen LogP contribution is -2.22. The molecule has 7 nitrogen and oxygen atoms in total. The summed E-state index contributed by atoms with van der Waals surface area (Å²) in [5.74, 6) is -0.320. The van der Waals surface area contributed by atoms with Crippen molar-refractivity contribution < 1.29 is 9.90 Å². The lowest BCUT2D eigenvalue weighted by molar-refractivity contribution is 0.0696. The number of unbranched alkanes of at least 4 members (excludes halogenated alkanes) is 1. The van der Waals surface area contributed by atoms with E-state index in [0.717, 1.165) is 39.3 Å². The third-order valence-corrected chi connectivity index (χ3v) is 6.78. The Morgan fingerprint density at radius 2 is 1.92 bits per heavy atom. The number of aromatic nitrogens is 3. The largest absolute Gasteiger partial charge is 0.478 e. The number of rotatable bonds is 8. The van der Waals surface area contributed by atoms with E-state index >= 15 is 0 Å². The van der Waals surface area contributed by atoms with Gasteiger partial charge in [0.15, 0.2) is 0 Å². The Balaban J connectivity index is 1.58. The smallest absolute Gasteiger partial charge is 0.335 e. The van der Waals surface area contributed by atoms with Gasteiger partial charge in [0.1, 0.15) is 5.82 Å². The Kier molecular flexibility index (Phi) is 7.01. The van der Waals surface area contributed by atoms with E-state index in [-0.39, 0.29) is 11.1 Å². The van der Waals surface area contributed by atoms with Crippen molar-refractivity contribution in [1.29, 1.82) is 0 Å². The number of hydrogen-bond donors (Lipinski definition) is 1. The van der Waals surface area contributed by atoms with Gasteiger partial charge in [-0.05, 0) is 48.4 Å². The number of hydrogen-bond acceptors (Lipinski definition) is 4. The average Bonchev–Trinajstić information content (AvgIpc) is 3.24. The Bertz CT molecular complexity index is 1720. The van der Waals surface area contributed by atoms with Crippen molar-refractivity contribution in [3.05, 3.63) is 110 Å². The third kappa shape index (κ3) is 5.11. The van der Waals surface area contributed by atoms with Crippen molar-refractivity contribution in [3.8, 4) is 0 Å². The lowest BCUT2D eigenvalue weighted by atomic mass is 10.1. The van der Waals surface area contributed by atoms with Crippen LogP contribution in [0.25, 0.3) is 21.8 Å². The van der Waals surface area contributed by atoms with E-state index in [2.05, 4.69) is 32.5 Å². The number of fused-ring (bicyclic) bond motifs is 2. The third-order valence-electron chi connectivity index (χ3n) is 6.29. The van der Waals surface area contributed by atoms with Gasteiger partial charge in [0.25, 0.3) is 5.56 Å². The van der Waals surface area contributed by atoms with Crippen LogP contribution in [0.4, 0.5) is 0 Å². The van der Waals surface area contributed by atoms with E-state index in [1.807, 2.05) is 48.7 Å². The highest BCUT2D eigenvalue weighted by molar-refractivity contribution is 9.10. The summed E-state index contributed by atoms with van der Waals surface area (Å²) in [5, 5.41) is 15.5. The molecule has 0 aliphatic rings. The number of carbonyl (C=O) groups is 1. The fraction of sp³-hybridized carbons (Fsp3) is 0.172. The zero-order valence-corrected chi connectivity index (χ0v) is 21.9. The molecule has 5 aromatic rings. The van der Waals surface area contributed by atoms with Crippen LogP contribution in [0, 0.1) is 0 Å². The van der Waals surface area contributed by atoms with Gasteiger partial charge in [-0.15, -0.1) is 0 Å². The highest BCUT2D eigenvalue weighted by Crippen LogP contribution is 2.22. The Hall–Kier alpha value is -4.04. The van der Waals surface area contributed by atoms with Gasteiger partial charge in [0.2, 0.25) is 0 Å². The first kappa shape index (κ1) is 24.6. The zero-order valence-electron chi connectivity index (χ0n) is 20.3. The maximum Gasteiger partial charge on any atom is 0.335 e. The lowest BCUT2D eigenvalue weighted by Gasteiger charge is -2.09.